The van der Waals surface area contributed by atoms with E-state index in [1.54, 1.807) is 6.92 Å². The number of rotatable bonds is 6. The van der Waals surface area contributed by atoms with Gasteiger partial charge in [0.25, 0.3) is 0 Å². The number of nitrogens with two attached hydrogens (primary N) is 1. The minimum atomic E-state index is -3.72. The van der Waals surface area contributed by atoms with Crippen molar-refractivity contribution >= 4 is 10.0 Å². The second-order valence-electron chi connectivity index (χ2n) is 4.52. The standard InChI is InChI=1S/C12H19FN2O2S/c1-3-12(2,7-8-14)15-18(16,17)11-6-4-5-10(13)9-11/h4-6,9,15H,3,7-8,14H2,1-2H3. The Morgan fingerprint density at radius 1 is 1.44 bits per heavy atom. The molecule has 4 nitrogen and oxygen atoms in total. The molecule has 0 fully saturated rings. The summed E-state index contributed by atoms with van der Waals surface area (Å²) in [4.78, 5) is -0.0702. The zero-order valence-corrected chi connectivity index (χ0v) is 11.4. The number of benzene rings is 1. The van der Waals surface area contributed by atoms with E-state index >= 15 is 0 Å². The Morgan fingerprint density at radius 2 is 2.11 bits per heavy atom. The van der Waals surface area contributed by atoms with E-state index in [1.807, 2.05) is 6.92 Å². The molecule has 1 rings (SSSR count). The average molecular weight is 274 g/mol. The minimum absolute atomic E-state index is 0.0702. The van der Waals surface area contributed by atoms with E-state index in [2.05, 4.69) is 4.72 Å². The van der Waals surface area contributed by atoms with E-state index in [0.29, 0.717) is 19.4 Å². The van der Waals surface area contributed by atoms with E-state index in [0.717, 1.165) is 6.07 Å². The second-order valence-corrected chi connectivity index (χ2v) is 6.20. The predicted molar refractivity (Wildman–Crippen MR) is 69.1 cm³/mol. The van der Waals surface area contributed by atoms with Gasteiger partial charge < -0.3 is 5.73 Å². The molecule has 102 valence electrons. The van der Waals surface area contributed by atoms with Crippen LogP contribution in [0.25, 0.3) is 0 Å². The predicted octanol–water partition coefficient (Wildman–Crippen LogP) is 1.62. The monoisotopic (exact) mass is 274 g/mol. The van der Waals surface area contributed by atoms with Crippen LogP contribution >= 0.6 is 0 Å². The topological polar surface area (TPSA) is 72.2 Å². The van der Waals surface area contributed by atoms with Gasteiger partial charge in [0.15, 0.2) is 0 Å². The van der Waals surface area contributed by atoms with Crippen molar-refractivity contribution < 1.29 is 12.8 Å². The van der Waals surface area contributed by atoms with E-state index < -0.39 is 21.4 Å². The van der Waals surface area contributed by atoms with Gasteiger partial charge in [0, 0.05) is 5.54 Å². The molecule has 0 saturated carbocycles. The summed E-state index contributed by atoms with van der Waals surface area (Å²) in [5.41, 5.74) is 4.87. The van der Waals surface area contributed by atoms with Gasteiger partial charge in [0.1, 0.15) is 5.82 Å². The summed E-state index contributed by atoms with van der Waals surface area (Å²) in [6.07, 6.45) is 1.14. The molecule has 1 aromatic carbocycles. The Hall–Kier alpha value is -0.980. The minimum Gasteiger partial charge on any atom is -0.330 e. The van der Waals surface area contributed by atoms with Gasteiger partial charge in [-0.25, -0.2) is 17.5 Å². The summed E-state index contributed by atoms with van der Waals surface area (Å²) < 4.78 is 39.9. The first kappa shape index (κ1) is 15.1. The number of hydrogen-bond donors (Lipinski definition) is 2. The van der Waals surface area contributed by atoms with Crippen molar-refractivity contribution in [1.29, 1.82) is 0 Å². The summed E-state index contributed by atoms with van der Waals surface area (Å²) in [6.45, 7) is 4.05. The molecule has 1 atom stereocenters. The van der Waals surface area contributed by atoms with E-state index in [9.17, 15) is 12.8 Å². The fourth-order valence-electron chi connectivity index (χ4n) is 1.64. The quantitative estimate of drug-likeness (QED) is 0.828. The average Bonchev–Trinajstić information content (AvgIpc) is 2.28. The lowest BCUT2D eigenvalue weighted by Crippen LogP contribution is -2.46. The number of sulfonamides is 1. The summed E-state index contributed by atoms with van der Waals surface area (Å²) in [5, 5.41) is 0. The summed E-state index contributed by atoms with van der Waals surface area (Å²) >= 11 is 0. The molecule has 1 aromatic rings. The Balaban J connectivity index is 3.01. The summed E-state index contributed by atoms with van der Waals surface area (Å²) in [6, 6.07) is 4.94. The molecule has 18 heavy (non-hydrogen) atoms. The first-order chi connectivity index (χ1) is 8.33. The maximum atomic E-state index is 13.0. The lowest BCUT2D eigenvalue weighted by atomic mass is 9.96. The van der Waals surface area contributed by atoms with Gasteiger partial charge in [-0.05, 0) is 44.5 Å². The molecule has 1 unspecified atom stereocenters. The molecule has 0 heterocycles. The second kappa shape index (κ2) is 5.77. The van der Waals surface area contributed by atoms with Crippen LogP contribution in [0.5, 0.6) is 0 Å². The summed E-state index contributed by atoms with van der Waals surface area (Å²) in [5.74, 6) is -0.574. The Bertz CT molecular complexity index is 505. The fourth-order valence-corrected chi connectivity index (χ4v) is 3.17. The van der Waals surface area contributed by atoms with Crippen molar-refractivity contribution in [3.63, 3.8) is 0 Å². The van der Waals surface area contributed by atoms with Crippen LogP contribution in [0.2, 0.25) is 0 Å². The lowest BCUT2D eigenvalue weighted by molar-refractivity contribution is 0.379. The first-order valence-electron chi connectivity index (χ1n) is 5.82. The van der Waals surface area contributed by atoms with Gasteiger partial charge in [0.2, 0.25) is 10.0 Å². The maximum absolute atomic E-state index is 13.0. The first-order valence-corrected chi connectivity index (χ1v) is 7.31. The smallest absolute Gasteiger partial charge is 0.241 e. The molecule has 0 aliphatic heterocycles. The van der Waals surface area contributed by atoms with Gasteiger partial charge in [-0.3, -0.25) is 0 Å². The van der Waals surface area contributed by atoms with Gasteiger partial charge in [0.05, 0.1) is 4.90 Å². The zero-order chi connectivity index (χ0) is 13.8. The van der Waals surface area contributed by atoms with Crippen LogP contribution in [0.4, 0.5) is 4.39 Å². The zero-order valence-electron chi connectivity index (χ0n) is 10.6. The molecular formula is C12H19FN2O2S. The molecule has 3 N–H and O–H groups in total. The number of hydrogen-bond acceptors (Lipinski definition) is 3. The summed E-state index contributed by atoms with van der Waals surface area (Å²) in [7, 11) is -3.72. The van der Waals surface area contributed by atoms with Gasteiger partial charge in [-0.15, -0.1) is 0 Å². The highest BCUT2D eigenvalue weighted by Gasteiger charge is 2.28. The Morgan fingerprint density at radius 3 is 2.61 bits per heavy atom. The van der Waals surface area contributed by atoms with Crippen molar-refractivity contribution in [2.45, 2.75) is 37.1 Å². The van der Waals surface area contributed by atoms with Crippen molar-refractivity contribution in [3.8, 4) is 0 Å². The molecule has 0 aliphatic rings. The third-order valence-corrected chi connectivity index (χ3v) is 4.60. The van der Waals surface area contributed by atoms with E-state index in [-0.39, 0.29) is 4.90 Å². The lowest BCUT2D eigenvalue weighted by Gasteiger charge is -2.28. The highest BCUT2D eigenvalue weighted by atomic mass is 32.2. The van der Waals surface area contributed by atoms with Crippen LogP contribution in [-0.2, 0) is 10.0 Å². The molecule has 0 amide bonds. The van der Waals surface area contributed by atoms with Crippen molar-refractivity contribution in [2.24, 2.45) is 5.73 Å². The van der Waals surface area contributed by atoms with Crippen LogP contribution in [0.3, 0.4) is 0 Å². The van der Waals surface area contributed by atoms with Crippen molar-refractivity contribution in [1.82, 2.24) is 4.72 Å². The maximum Gasteiger partial charge on any atom is 0.241 e. The SMILES string of the molecule is CCC(C)(CCN)NS(=O)(=O)c1cccc(F)c1. The van der Waals surface area contributed by atoms with Crippen LogP contribution in [0.15, 0.2) is 29.2 Å². The van der Waals surface area contributed by atoms with Crippen LogP contribution in [0.1, 0.15) is 26.7 Å². The molecule has 0 spiro atoms. The van der Waals surface area contributed by atoms with Gasteiger partial charge in [-0.1, -0.05) is 13.0 Å². The van der Waals surface area contributed by atoms with Crippen molar-refractivity contribution in [3.05, 3.63) is 30.1 Å². The Labute approximate surface area is 107 Å². The van der Waals surface area contributed by atoms with Crippen LogP contribution in [-0.4, -0.2) is 20.5 Å². The van der Waals surface area contributed by atoms with Gasteiger partial charge in [-0.2, -0.15) is 0 Å². The van der Waals surface area contributed by atoms with Crippen molar-refractivity contribution in [2.75, 3.05) is 6.54 Å². The molecule has 0 aromatic heterocycles. The molecule has 0 aliphatic carbocycles. The molecule has 0 saturated heterocycles. The van der Waals surface area contributed by atoms with E-state index in [4.69, 9.17) is 5.73 Å². The number of nitrogens with one attached hydrogen (secondary N) is 1. The van der Waals surface area contributed by atoms with Crippen LogP contribution < -0.4 is 10.5 Å². The highest BCUT2D eigenvalue weighted by Crippen LogP contribution is 2.19. The molecular weight excluding hydrogens is 255 g/mol. The largest absolute Gasteiger partial charge is 0.330 e. The van der Waals surface area contributed by atoms with E-state index in [1.165, 1.54) is 18.2 Å². The molecule has 6 heteroatoms. The molecule has 0 radical (unpaired) electrons. The van der Waals surface area contributed by atoms with Gasteiger partial charge >= 0.3 is 0 Å². The third kappa shape index (κ3) is 3.76. The highest BCUT2D eigenvalue weighted by molar-refractivity contribution is 7.89. The normalized spacial score (nSPS) is 15.3. The number of halogens is 1. The third-order valence-electron chi connectivity index (χ3n) is 2.96. The Kier molecular flexibility index (Phi) is 4.84. The fraction of sp³-hybridized carbons (Fsp3) is 0.500. The molecule has 0 bridgehead atoms. The van der Waals surface area contributed by atoms with Crippen LogP contribution in [0, 0.1) is 5.82 Å².